The highest BCUT2D eigenvalue weighted by Gasteiger charge is 2.37. The van der Waals surface area contributed by atoms with Crippen molar-refractivity contribution in [1.82, 2.24) is 19.8 Å². The van der Waals surface area contributed by atoms with Crippen LogP contribution in [-0.4, -0.2) is 96.8 Å². The number of hydrogen-bond donors (Lipinski definition) is 2. The summed E-state index contributed by atoms with van der Waals surface area (Å²) in [6, 6.07) is 4.27. The van der Waals surface area contributed by atoms with Crippen molar-refractivity contribution in [3.8, 4) is 11.5 Å². The van der Waals surface area contributed by atoms with Gasteiger partial charge in [-0.1, -0.05) is 0 Å². The van der Waals surface area contributed by atoms with Crippen molar-refractivity contribution in [1.29, 1.82) is 0 Å². The maximum absolute atomic E-state index is 13.1. The van der Waals surface area contributed by atoms with Crippen molar-refractivity contribution in [2.75, 3.05) is 61.1 Å². The molecule has 2 amide bonds. The number of hydrogen-bond acceptors (Lipinski definition) is 8. The van der Waals surface area contributed by atoms with E-state index < -0.39 is 28.1 Å². The molecule has 31 heavy (non-hydrogen) atoms. The minimum Gasteiger partial charge on any atom is -0.493 e. The van der Waals surface area contributed by atoms with Crippen LogP contribution in [0.4, 0.5) is 0 Å². The molecule has 1 fully saturated rings. The average molecular weight is 459 g/mol. The smallest absolute Gasteiger partial charge is 0.309 e. The van der Waals surface area contributed by atoms with Gasteiger partial charge < -0.3 is 29.7 Å². The maximum atomic E-state index is 13.1. The van der Waals surface area contributed by atoms with Crippen molar-refractivity contribution in [3.05, 3.63) is 18.2 Å². The van der Waals surface area contributed by atoms with Gasteiger partial charge in [0, 0.05) is 19.2 Å². The van der Waals surface area contributed by atoms with Crippen LogP contribution in [0.15, 0.2) is 23.1 Å². The van der Waals surface area contributed by atoms with E-state index in [-0.39, 0.29) is 30.3 Å². The van der Waals surface area contributed by atoms with Gasteiger partial charge in [-0.2, -0.15) is 4.31 Å². The molecular formula is C19H30N4O7S. The lowest BCUT2D eigenvalue weighted by Gasteiger charge is -2.23. The van der Waals surface area contributed by atoms with Crippen LogP contribution in [0.1, 0.15) is 6.42 Å². The van der Waals surface area contributed by atoms with Gasteiger partial charge in [-0.05, 0) is 39.2 Å². The molecule has 0 aromatic heterocycles. The first kappa shape index (κ1) is 24.9. The summed E-state index contributed by atoms with van der Waals surface area (Å²) in [5.41, 5.74) is 0. The fourth-order valence-electron chi connectivity index (χ4n) is 2.99. The lowest BCUT2D eigenvalue weighted by atomic mass is 10.3. The van der Waals surface area contributed by atoms with Crippen LogP contribution < -0.4 is 20.1 Å². The quantitative estimate of drug-likeness (QED) is 0.346. The third kappa shape index (κ3) is 6.53. The van der Waals surface area contributed by atoms with Gasteiger partial charge in [0.25, 0.3) is 0 Å². The SMILES string of the molecule is COc1ccc(S(=O)(=O)N2CCOC2CNC(=O)C(=O)NCCCN(C)C)cc1OC. The molecule has 0 radical (unpaired) electrons. The Kier molecular flexibility index (Phi) is 9.04. The summed E-state index contributed by atoms with van der Waals surface area (Å²) in [6.07, 6.45) is -0.224. The molecule has 1 aromatic carbocycles. The number of benzene rings is 1. The molecule has 1 unspecified atom stereocenters. The first-order valence-electron chi connectivity index (χ1n) is 9.77. The third-order valence-electron chi connectivity index (χ3n) is 4.62. The highest BCUT2D eigenvalue weighted by Crippen LogP contribution is 2.31. The second-order valence-corrected chi connectivity index (χ2v) is 8.97. The van der Waals surface area contributed by atoms with Gasteiger partial charge in [-0.15, -0.1) is 0 Å². The topological polar surface area (TPSA) is 127 Å². The Balaban J connectivity index is 1.98. The first-order valence-corrected chi connectivity index (χ1v) is 11.2. The van der Waals surface area contributed by atoms with Gasteiger partial charge in [0.05, 0.1) is 32.3 Å². The van der Waals surface area contributed by atoms with E-state index in [0.29, 0.717) is 18.7 Å². The maximum Gasteiger partial charge on any atom is 0.309 e. The van der Waals surface area contributed by atoms with E-state index in [1.165, 1.54) is 32.4 Å². The Morgan fingerprint density at radius 2 is 1.84 bits per heavy atom. The normalized spacial score (nSPS) is 16.9. The fourth-order valence-corrected chi connectivity index (χ4v) is 4.52. The molecule has 12 heteroatoms. The summed E-state index contributed by atoms with van der Waals surface area (Å²) in [6.45, 7) is 1.28. The Bertz CT molecular complexity index is 876. The molecule has 174 valence electrons. The molecule has 0 bridgehead atoms. The molecule has 1 aliphatic heterocycles. The molecule has 1 saturated heterocycles. The summed E-state index contributed by atoms with van der Waals surface area (Å²) >= 11 is 0. The zero-order chi connectivity index (χ0) is 23.0. The van der Waals surface area contributed by atoms with E-state index in [1.807, 2.05) is 19.0 Å². The zero-order valence-electron chi connectivity index (χ0n) is 18.2. The predicted molar refractivity (Wildman–Crippen MR) is 112 cm³/mol. The number of carbonyl (C=O) groups is 2. The van der Waals surface area contributed by atoms with E-state index in [4.69, 9.17) is 14.2 Å². The van der Waals surface area contributed by atoms with E-state index in [9.17, 15) is 18.0 Å². The van der Waals surface area contributed by atoms with E-state index in [2.05, 4.69) is 10.6 Å². The van der Waals surface area contributed by atoms with Crippen LogP contribution in [-0.2, 0) is 24.3 Å². The molecule has 11 nitrogen and oxygen atoms in total. The third-order valence-corrected chi connectivity index (χ3v) is 6.50. The van der Waals surface area contributed by atoms with Crippen molar-refractivity contribution < 1.29 is 32.2 Å². The second kappa shape index (κ2) is 11.3. The number of sulfonamides is 1. The zero-order valence-corrected chi connectivity index (χ0v) is 19.0. The molecule has 1 heterocycles. The molecular weight excluding hydrogens is 428 g/mol. The van der Waals surface area contributed by atoms with Gasteiger partial charge in [0.15, 0.2) is 11.5 Å². The number of amides is 2. The summed E-state index contributed by atoms with van der Waals surface area (Å²) in [5.74, 6) is -0.936. The van der Waals surface area contributed by atoms with Gasteiger partial charge in [0.1, 0.15) is 6.23 Å². The van der Waals surface area contributed by atoms with E-state index >= 15 is 0 Å². The minimum atomic E-state index is -3.92. The molecule has 2 rings (SSSR count). The standard InChI is InChI=1S/C19H30N4O7S/c1-22(2)9-5-8-20-18(24)19(25)21-13-17-23(10-11-30-17)31(26,27)14-6-7-15(28-3)16(12-14)29-4/h6-7,12,17H,5,8-11,13H2,1-4H3,(H,20,24)(H,21,25). The van der Waals surface area contributed by atoms with Crippen LogP contribution in [0, 0.1) is 0 Å². The van der Waals surface area contributed by atoms with Crippen molar-refractivity contribution in [2.45, 2.75) is 17.5 Å². The van der Waals surface area contributed by atoms with E-state index in [1.54, 1.807) is 0 Å². The Morgan fingerprint density at radius 3 is 2.48 bits per heavy atom. The first-order chi connectivity index (χ1) is 14.7. The summed E-state index contributed by atoms with van der Waals surface area (Å²) < 4.78 is 43.1. The van der Waals surface area contributed by atoms with Crippen LogP contribution in [0.5, 0.6) is 11.5 Å². The van der Waals surface area contributed by atoms with E-state index in [0.717, 1.165) is 10.8 Å². The monoisotopic (exact) mass is 458 g/mol. The molecule has 0 spiro atoms. The van der Waals surface area contributed by atoms with Crippen LogP contribution >= 0.6 is 0 Å². The van der Waals surface area contributed by atoms with Gasteiger partial charge in [0.2, 0.25) is 10.0 Å². The molecule has 1 atom stereocenters. The fraction of sp³-hybridized carbons (Fsp3) is 0.579. The largest absolute Gasteiger partial charge is 0.493 e. The molecule has 0 aliphatic carbocycles. The van der Waals surface area contributed by atoms with Gasteiger partial charge in [-0.25, -0.2) is 8.42 Å². The Labute approximate surface area is 182 Å². The molecule has 1 aliphatic rings. The molecule has 2 N–H and O–H groups in total. The van der Waals surface area contributed by atoms with Gasteiger partial charge in [-0.3, -0.25) is 9.59 Å². The van der Waals surface area contributed by atoms with Crippen molar-refractivity contribution in [2.24, 2.45) is 0 Å². The highest BCUT2D eigenvalue weighted by molar-refractivity contribution is 7.89. The Morgan fingerprint density at radius 1 is 1.16 bits per heavy atom. The number of methoxy groups -OCH3 is 2. The van der Waals surface area contributed by atoms with Gasteiger partial charge >= 0.3 is 11.8 Å². The number of rotatable bonds is 10. The lowest BCUT2D eigenvalue weighted by molar-refractivity contribution is -0.139. The van der Waals surface area contributed by atoms with Crippen LogP contribution in [0.3, 0.4) is 0 Å². The Hall–Kier alpha value is -2.41. The number of ether oxygens (including phenoxy) is 3. The summed E-state index contributed by atoms with van der Waals surface area (Å²) in [7, 11) is 2.78. The second-order valence-electron chi connectivity index (χ2n) is 7.08. The average Bonchev–Trinajstić information content (AvgIpc) is 3.23. The van der Waals surface area contributed by atoms with Crippen LogP contribution in [0.2, 0.25) is 0 Å². The lowest BCUT2D eigenvalue weighted by Crippen LogP contribution is -2.47. The predicted octanol–water partition coefficient (Wildman–Crippen LogP) is -0.765. The number of carbonyl (C=O) groups excluding carboxylic acids is 2. The highest BCUT2D eigenvalue weighted by atomic mass is 32.2. The van der Waals surface area contributed by atoms with Crippen LogP contribution in [0.25, 0.3) is 0 Å². The number of nitrogens with one attached hydrogen (secondary N) is 2. The number of nitrogens with zero attached hydrogens (tertiary/aromatic N) is 2. The molecule has 1 aromatic rings. The summed E-state index contributed by atoms with van der Waals surface area (Å²) in [5, 5.41) is 4.96. The minimum absolute atomic E-state index is 0.00520. The molecule has 0 saturated carbocycles. The van der Waals surface area contributed by atoms with Crippen molar-refractivity contribution >= 4 is 21.8 Å². The van der Waals surface area contributed by atoms with Crippen molar-refractivity contribution in [3.63, 3.8) is 0 Å². The summed E-state index contributed by atoms with van der Waals surface area (Å²) in [4.78, 5) is 25.9.